The molecule has 1 aliphatic heterocycles. The minimum Gasteiger partial charge on any atom is -0.379 e. The van der Waals surface area contributed by atoms with Gasteiger partial charge in [0.2, 0.25) is 5.95 Å². The zero-order valence-electron chi connectivity index (χ0n) is 14.5. The Morgan fingerprint density at radius 2 is 1.85 bits per heavy atom. The van der Waals surface area contributed by atoms with Crippen LogP contribution in [-0.2, 0) is 11.3 Å². The van der Waals surface area contributed by atoms with E-state index in [4.69, 9.17) is 9.72 Å². The van der Waals surface area contributed by atoms with Crippen LogP contribution in [0, 0.1) is 0 Å². The average molecular weight is 344 g/mol. The van der Waals surface area contributed by atoms with Gasteiger partial charge in [-0.3, -0.25) is 9.47 Å². The molecule has 26 heavy (non-hydrogen) atoms. The van der Waals surface area contributed by atoms with E-state index in [9.17, 15) is 0 Å². The molecule has 0 bridgehead atoms. The zero-order chi connectivity index (χ0) is 17.3. The van der Waals surface area contributed by atoms with Gasteiger partial charge < -0.3 is 4.74 Å². The summed E-state index contributed by atoms with van der Waals surface area (Å²) in [5, 5.41) is 2.32. The summed E-state index contributed by atoms with van der Waals surface area (Å²) >= 11 is 0. The molecule has 130 valence electrons. The van der Waals surface area contributed by atoms with Gasteiger partial charge in [-0.15, -0.1) is 0 Å². The Kier molecular flexibility index (Phi) is 3.88. The van der Waals surface area contributed by atoms with E-state index in [0.29, 0.717) is 5.95 Å². The molecular formula is C21H20N4O. The van der Waals surface area contributed by atoms with Crippen LogP contribution in [0.25, 0.3) is 27.8 Å². The first-order valence-corrected chi connectivity index (χ1v) is 9.00. The molecule has 0 spiro atoms. The molecule has 5 rings (SSSR count). The van der Waals surface area contributed by atoms with Crippen molar-refractivity contribution in [2.75, 3.05) is 26.3 Å². The van der Waals surface area contributed by atoms with E-state index >= 15 is 0 Å². The van der Waals surface area contributed by atoms with Crippen LogP contribution in [0.3, 0.4) is 0 Å². The van der Waals surface area contributed by atoms with Crippen molar-refractivity contribution in [3.05, 3.63) is 66.5 Å². The standard InChI is InChI=1S/C21H20N4O/c1-2-6-19-16(4-1)14-22-21(23-19)25-9-8-18-17(5-3-7-20(18)25)15-24-10-12-26-13-11-24/h1-9,14H,10-13,15H2. The highest BCUT2D eigenvalue weighted by atomic mass is 16.5. The Labute approximate surface area is 151 Å². The Balaban J connectivity index is 1.55. The summed E-state index contributed by atoms with van der Waals surface area (Å²) in [6.45, 7) is 4.57. The Morgan fingerprint density at radius 1 is 0.962 bits per heavy atom. The number of morpholine rings is 1. The quantitative estimate of drug-likeness (QED) is 0.571. The molecule has 5 heteroatoms. The average Bonchev–Trinajstić information content (AvgIpc) is 3.14. The highest BCUT2D eigenvalue weighted by Gasteiger charge is 2.14. The fourth-order valence-corrected chi connectivity index (χ4v) is 3.62. The van der Waals surface area contributed by atoms with Gasteiger partial charge in [0.25, 0.3) is 0 Å². The first kappa shape index (κ1) is 15.5. The summed E-state index contributed by atoms with van der Waals surface area (Å²) in [6, 6.07) is 16.7. The van der Waals surface area contributed by atoms with Gasteiger partial charge >= 0.3 is 0 Å². The maximum absolute atomic E-state index is 5.46. The highest BCUT2D eigenvalue weighted by Crippen LogP contribution is 2.24. The van der Waals surface area contributed by atoms with Gasteiger partial charge in [0.1, 0.15) is 0 Å². The van der Waals surface area contributed by atoms with Crippen LogP contribution >= 0.6 is 0 Å². The van der Waals surface area contributed by atoms with Crippen molar-refractivity contribution in [1.82, 2.24) is 19.4 Å². The summed E-state index contributed by atoms with van der Waals surface area (Å²) in [5.41, 5.74) is 3.44. The van der Waals surface area contributed by atoms with E-state index in [-0.39, 0.29) is 0 Å². The summed E-state index contributed by atoms with van der Waals surface area (Å²) in [6.07, 6.45) is 3.96. The fraction of sp³-hybridized carbons (Fsp3) is 0.238. The molecule has 4 aromatic rings. The molecule has 0 N–H and O–H groups in total. The summed E-state index contributed by atoms with van der Waals surface area (Å²) in [7, 11) is 0. The van der Waals surface area contributed by atoms with Crippen LogP contribution in [0.1, 0.15) is 5.56 Å². The number of para-hydroxylation sites is 1. The molecule has 0 saturated carbocycles. The number of fused-ring (bicyclic) bond motifs is 2. The van der Waals surface area contributed by atoms with Gasteiger partial charge in [-0.2, -0.15) is 0 Å². The van der Waals surface area contributed by atoms with Crippen LogP contribution in [0.5, 0.6) is 0 Å². The minimum absolute atomic E-state index is 0.710. The summed E-state index contributed by atoms with van der Waals surface area (Å²) < 4.78 is 7.53. The molecule has 0 aliphatic carbocycles. The fourth-order valence-electron chi connectivity index (χ4n) is 3.62. The van der Waals surface area contributed by atoms with Crippen LogP contribution in [0.15, 0.2) is 60.9 Å². The molecule has 1 saturated heterocycles. The van der Waals surface area contributed by atoms with E-state index in [1.165, 1.54) is 10.9 Å². The third-order valence-electron chi connectivity index (χ3n) is 5.01. The topological polar surface area (TPSA) is 43.2 Å². The largest absolute Gasteiger partial charge is 0.379 e. The Bertz CT molecular complexity index is 1070. The van der Waals surface area contributed by atoms with Gasteiger partial charge in [-0.25, -0.2) is 9.97 Å². The van der Waals surface area contributed by atoms with Crippen LogP contribution in [-0.4, -0.2) is 45.7 Å². The van der Waals surface area contributed by atoms with Crippen LogP contribution in [0.4, 0.5) is 0 Å². The van der Waals surface area contributed by atoms with Crippen molar-refractivity contribution >= 4 is 21.8 Å². The molecular weight excluding hydrogens is 324 g/mol. The van der Waals surface area contributed by atoms with Gasteiger partial charge in [0.15, 0.2) is 0 Å². The van der Waals surface area contributed by atoms with E-state index in [1.54, 1.807) is 0 Å². The molecule has 1 aliphatic rings. The second kappa shape index (κ2) is 6.52. The maximum Gasteiger partial charge on any atom is 0.234 e. The van der Waals surface area contributed by atoms with Crippen molar-refractivity contribution in [1.29, 1.82) is 0 Å². The first-order chi connectivity index (χ1) is 12.9. The number of nitrogens with zero attached hydrogens (tertiary/aromatic N) is 4. The van der Waals surface area contributed by atoms with Gasteiger partial charge in [0, 0.05) is 42.8 Å². The monoisotopic (exact) mass is 344 g/mol. The second-order valence-electron chi connectivity index (χ2n) is 6.65. The van der Waals surface area contributed by atoms with Crippen LogP contribution in [0.2, 0.25) is 0 Å². The molecule has 0 atom stereocenters. The SMILES string of the molecule is c1ccc2nc(-n3ccc4c(CN5CCOCC5)cccc43)ncc2c1. The maximum atomic E-state index is 5.46. The number of benzene rings is 2. The molecule has 2 aromatic carbocycles. The molecule has 2 aromatic heterocycles. The summed E-state index contributed by atoms with van der Waals surface area (Å²) in [5.74, 6) is 0.710. The highest BCUT2D eigenvalue weighted by molar-refractivity contribution is 5.85. The smallest absolute Gasteiger partial charge is 0.234 e. The lowest BCUT2D eigenvalue weighted by Crippen LogP contribution is -2.35. The van der Waals surface area contributed by atoms with E-state index in [1.807, 2.05) is 30.5 Å². The summed E-state index contributed by atoms with van der Waals surface area (Å²) in [4.78, 5) is 11.8. The number of aromatic nitrogens is 3. The van der Waals surface area contributed by atoms with Crippen molar-refractivity contribution in [2.24, 2.45) is 0 Å². The molecule has 5 nitrogen and oxygen atoms in total. The number of rotatable bonds is 3. The lowest BCUT2D eigenvalue weighted by molar-refractivity contribution is 0.0344. The molecule has 0 amide bonds. The number of hydrogen-bond acceptors (Lipinski definition) is 4. The third-order valence-corrected chi connectivity index (χ3v) is 5.01. The molecule has 0 unspecified atom stereocenters. The van der Waals surface area contributed by atoms with E-state index < -0.39 is 0 Å². The van der Waals surface area contributed by atoms with E-state index in [0.717, 1.165) is 49.3 Å². The second-order valence-corrected chi connectivity index (χ2v) is 6.65. The van der Waals surface area contributed by atoms with Crippen molar-refractivity contribution in [3.63, 3.8) is 0 Å². The van der Waals surface area contributed by atoms with Crippen molar-refractivity contribution in [3.8, 4) is 5.95 Å². The predicted octanol–water partition coefficient (Wildman–Crippen LogP) is 3.41. The van der Waals surface area contributed by atoms with Crippen molar-refractivity contribution in [2.45, 2.75) is 6.54 Å². The zero-order valence-corrected chi connectivity index (χ0v) is 14.5. The normalized spacial score (nSPS) is 15.7. The van der Waals surface area contributed by atoms with Crippen LogP contribution < -0.4 is 0 Å². The van der Waals surface area contributed by atoms with E-state index in [2.05, 4.69) is 44.9 Å². The van der Waals surface area contributed by atoms with Crippen molar-refractivity contribution < 1.29 is 4.74 Å². The van der Waals surface area contributed by atoms with Gasteiger partial charge in [-0.05, 0) is 23.8 Å². The lowest BCUT2D eigenvalue weighted by Gasteiger charge is -2.26. The third kappa shape index (κ3) is 2.75. The number of ether oxygens (including phenoxy) is 1. The van der Waals surface area contributed by atoms with Gasteiger partial charge in [0.05, 0.1) is 24.2 Å². The molecule has 1 fully saturated rings. The minimum atomic E-state index is 0.710. The molecule has 3 heterocycles. The Hall–Kier alpha value is -2.76. The van der Waals surface area contributed by atoms with Gasteiger partial charge in [-0.1, -0.05) is 30.3 Å². The number of hydrogen-bond donors (Lipinski definition) is 0. The molecule has 0 radical (unpaired) electrons. The lowest BCUT2D eigenvalue weighted by atomic mass is 10.1. The first-order valence-electron chi connectivity index (χ1n) is 9.00. The predicted molar refractivity (Wildman–Crippen MR) is 102 cm³/mol. The Morgan fingerprint density at radius 3 is 2.77 bits per heavy atom.